The van der Waals surface area contributed by atoms with Crippen LogP contribution in [0, 0.1) is 0 Å². The number of carboxylic acid groups (broad SMARTS) is 1. The summed E-state index contributed by atoms with van der Waals surface area (Å²) in [6, 6.07) is -3.72. The smallest absolute Gasteiger partial charge is 0.395 e. The molecule has 2 amide bonds. The van der Waals surface area contributed by atoms with E-state index < -0.39 is 105 Å². The van der Waals surface area contributed by atoms with Crippen LogP contribution >= 0.6 is 7.67 Å². The standard InChI is InChI=1S/C32H59N10O14P/c1-41(2)57(52,42(3)4)56-27-25(46)26(54-31(27)51)22(18-43)53-23(44)13-14-24(45)55-40-20(10-5-7-15-33)29(48)38-19(12-9-17-37-32(35)36)28(47)39-21(30(49)50)11-6-8-16-34/h19-22,26,40,43,46H,5-18,33-34H2,1-4H3,(H,38,48)(H,39,47)(H,49,50)(H4,35,36,37). The van der Waals surface area contributed by atoms with Crippen LogP contribution in [0.15, 0.2) is 16.5 Å². The van der Waals surface area contributed by atoms with Crippen molar-refractivity contribution < 1.29 is 67.5 Å². The topological polar surface area (TPSA) is 376 Å². The molecular formula is C32H59N10O14P. The molecule has 0 aromatic carbocycles. The fourth-order valence-corrected chi connectivity index (χ4v) is 6.50. The van der Waals surface area contributed by atoms with E-state index in [1.165, 1.54) is 37.5 Å². The lowest BCUT2D eigenvalue weighted by Crippen LogP contribution is -2.55. The predicted octanol–water partition coefficient (Wildman–Crippen LogP) is -2.60. The maximum atomic E-state index is 13.4. The molecule has 0 bridgehead atoms. The van der Waals surface area contributed by atoms with Crippen molar-refractivity contribution in [2.45, 2.75) is 94.5 Å². The molecule has 326 valence electrons. The van der Waals surface area contributed by atoms with E-state index in [0.29, 0.717) is 32.2 Å². The summed E-state index contributed by atoms with van der Waals surface area (Å²) < 4.78 is 31.0. The van der Waals surface area contributed by atoms with E-state index >= 15 is 0 Å². The number of aliphatic carboxylic acids is 1. The monoisotopic (exact) mass is 838 g/mol. The fraction of sp³-hybridized carbons (Fsp3) is 0.719. The van der Waals surface area contributed by atoms with Gasteiger partial charge in [0.25, 0.3) is 5.76 Å². The van der Waals surface area contributed by atoms with E-state index in [9.17, 15) is 48.7 Å². The third kappa shape index (κ3) is 17.2. The van der Waals surface area contributed by atoms with Crippen molar-refractivity contribution in [1.82, 2.24) is 25.5 Å². The maximum Gasteiger partial charge on any atom is 0.395 e. The van der Waals surface area contributed by atoms with Gasteiger partial charge in [0.2, 0.25) is 17.9 Å². The third-order valence-corrected chi connectivity index (χ3v) is 10.6. The number of aliphatic imine (C=N–C) groups is 1. The zero-order valence-electron chi connectivity index (χ0n) is 32.7. The van der Waals surface area contributed by atoms with Gasteiger partial charge in [0, 0.05) is 6.54 Å². The maximum absolute atomic E-state index is 13.4. The zero-order chi connectivity index (χ0) is 43.3. The number of aliphatic hydroxyl groups excluding tert-OH is 2. The number of ether oxygens (including phenoxy) is 2. The first kappa shape index (κ1) is 50.4. The summed E-state index contributed by atoms with van der Waals surface area (Å²) in [6.07, 6.45) is -2.35. The molecule has 0 fully saturated rings. The number of guanidine groups is 1. The number of carbonyl (C=O) groups is 6. The molecule has 0 saturated carbocycles. The summed E-state index contributed by atoms with van der Waals surface area (Å²) in [5, 5.41) is 35.1. The molecule has 24 nitrogen and oxygen atoms in total. The van der Waals surface area contributed by atoms with Gasteiger partial charge in [-0.1, -0.05) is 0 Å². The highest BCUT2D eigenvalue weighted by molar-refractivity contribution is 7.54. The number of esters is 2. The van der Waals surface area contributed by atoms with Crippen LogP contribution in [0.3, 0.4) is 0 Å². The van der Waals surface area contributed by atoms with Crippen LogP contribution in [-0.2, 0) is 52.2 Å². The van der Waals surface area contributed by atoms with Gasteiger partial charge in [0.05, 0.1) is 19.4 Å². The first-order valence-electron chi connectivity index (χ1n) is 18.2. The molecule has 0 radical (unpaired) electrons. The number of hydrogen-bond donors (Lipinski definition) is 10. The SMILES string of the molecule is CN(C)P(=O)(OC1=C(O)C(C(CO)OC(=O)CCC(=O)ONC(CCCCN)C(=O)NC(CCCN=C(N)N)C(=O)NC(CCCCN)C(=O)O)OC1=O)N(C)C. The molecule has 0 spiro atoms. The van der Waals surface area contributed by atoms with Gasteiger partial charge in [-0.3, -0.25) is 24.2 Å². The number of carboxylic acids is 1. The second kappa shape index (κ2) is 25.6. The highest BCUT2D eigenvalue weighted by Gasteiger charge is 2.46. The Morgan fingerprint density at radius 2 is 1.39 bits per heavy atom. The molecular weight excluding hydrogens is 779 g/mol. The first-order chi connectivity index (χ1) is 26.8. The number of nitrogens with zero attached hydrogens (tertiary/aromatic N) is 3. The molecule has 14 N–H and O–H groups in total. The summed E-state index contributed by atoms with van der Waals surface area (Å²) in [5.41, 5.74) is 24.2. The Hall–Kier alpha value is -4.58. The van der Waals surface area contributed by atoms with Crippen LogP contribution in [0.5, 0.6) is 0 Å². The molecule has 57 heavy (non-hydrogen) atoms. The summed E-state index contributed by atoms with van der Waals surface area (Å²) in [4.78, 5) is 85.1. The van der Waals surface area contributed by atoms with E-state index in [1.54, 1.807) is 0 Å². The molecule has 1 aliphatic rings. The summed E-state index contributed by atoms with van der Waals surface area (Å²) in [6.45, 7) is -0.212. The van der Waals surface area contributed by atoms with Gasteiger partial charge in [0.15, 0.2) is 17.8 Å². The highest BCUT2D eigenvalue weighted by Crippen LogP contribution is 2.53. The summed E-state index contributed by atoms with van der Waals surface area (Å²) in [5.74, 6) is -8.04. The minimum Gasteiger partial charge on any atom is -0.505 e. The Bertz CT molecular complexity index is 1460. The number of cyclic esters (lactones) is 1. The van der Waals surface area contributed by atoms with Gasteiger partial charge in [-0.15, -0.1) is 5.48 Å². The minimum absolute atomic E-state index is 0.00464. The highest BCUT2D eigenvalue weighted by atomic mass is 31.2. The summed E-state index contributed by atoms with van der Waals surface area (Å²) in [7, 11) is 1.83. The second-order valence-electron chi connectivity index (χ2n) is 13.2. The molecule has 0 aromatic rings. The lowest BCUT2D eigenvalue weighted by molar-refractivity contribution is -0.167. The van der Waals surface area contributed by atoms with Crippen molar-refractivity contribution in [2.75, 3.05) is 54.4 Å². The Morgan fingerprint density at radius 1 is 0.860 bits per heavy atom. The van der Waals surface area contributed by atoms with Gasteiger partial charge >= 0.3 is 31.5 Å². The molecule has 5 atom stereocenters. The van der Waals surface area contributed by atoms with Crippen LogP contribution in [0.2, 0.25) is 0 Å². The van der Waals surface area contributed by atoms with Gasteiger partial charge in [-0.2, -0.15) is 0 Å². The number of nitrogens with two attached hydrogens (primary N) is 4. The molecule has 0 saturated heterocycles. The second-order valence-corrected chi connectivity index (χ2v) is 15.9. The normalized spacial score (nSPS) is 16.3. The molecule has 5 unspecified atom stereocenters. The van der Waals surface area contributed by atoms with E-state index in [1.807, 2.05) is 0 Å². The summed E-state index contributed by atoms with van der Waals surface area (Å²) >= 11 is 0. The number of hydroxylamine groups is 1. The van der Waals surface area contributed by atoms with Gasteiger partial charge < -0.3 is 67.7 Å². The predicted molar refractivity (Wildman–Crippen MR) is 202 cm³/mol. The average Bonchev–Trinajstić information content (AvgIpc) is 3.42. The first-order valence-corrected chi connectivity index (χ1v) is 19.7. The molecule has 1 heterocycles. The van der Waals surface area contributed by atoms with Crippen LogP contribution in [0.1, 0.15) is 64.2 Å². The van der Waals surface area contributed by atoms with Gasteiger partial charge in [-0.05, 0) is 92.6 Å². The van der Waals surface area contributed by atoms with Crippen molar-refractivity contribution in [3.8, 4) is 0 Å². The van der Waals surface area contributed by atoms with Crippen molar-refractivity contribution in [2.24, 2.45) is 27.9 Å². The fourth-order valence-electron chi connectivity index (χ4n) is 5.05. The Morgan fingerprint density at radius 3 is 1.91 bits per heavy atom. The van der Waals surface area contributed by atoms with E-state index in [0.717, 1.165) is 0 Å². The quantitative estimate of drug-likeness (QED) is 0.00702. The Labute approximate surface area is 330 Å². The third-order valence-electron chi connectivity index (χ3n) is 8.19. The number of nitrogens with one attached hydrogen (secondary N) is 3. The Kier molecular flexibility index (Phi) is 22.7. The average molecular weight is 839 g/mol. The van der Waals surface area contributed by atoms with Crippen LogP contribution in [-0.4, -0.2) is 151 Å². The van der Waals surface area contributed by atoms with Crippen molar-refractivity contribution in [1.29, 1.82) is 0 Å². The zero-order valence-corrected chi connectivity index (χ0v) is 33.6. The van der Waals surface area contributed by atoms with E-state index in [-0.39, 0.29) is 44.7 Å². The van der Waals surface area contributed by atoms with E-state index in [4.69, 9.17) is 41.8 Å². The van der Waals surface area contributed by atoms with Crippen LogP contribution in [0.25, 0.3) is 0 Å². The Balaban J connectivity index is 2.97. The van der Waals surface area contributed by atoms with Crippen molar-refractivity contribution >= 4 is 49.3 Å². The molecule has 1 rings (SSSR count). The minimum atomic E-state index is -3.83. The largest absolute Gasteiger partial charge is 0.505 e. The molecule has 25 heteroatoms. The van der Waals surface area contributed by atoms with Crippen molar-refractivity contribution in [3.63, 3.8) is 0 Å². The van der Waals surface area contributed by atoms with Crippen molar-refractivity contribution in [3.05, 3.63) is 11.5 Å². The lowest BCUT2D eigenvalue weighted by Gasteiger charge is -2.29. The van der Waals surface area contributed by atoms with Gasteiger partial charge in [0.1, 0.15) is 18.1 Å². The molecule has 1 aliphatic heterocycles. The number of aliphatic hydroxyl groups is 2. The molecule has 0 aliphatic carbocycles. The number of rotatable bonds is 29. The molecule has 0 aromatic heterocycles. The number of unbranched alkanes of at least 4 members (excludes halogenated alkanes) is 2. The number of hydrogen-bond acceptors (Lipinski definition) is 17. The lowest BCUT2D eigenvalue weighted by atomic mass is 10.1. The number of amides is 2. The van der Waals surface area contributed by atoms with Gasteiger partial charge in [-0.25, -0.2) is 23.5 Å². The van der Waals surface area contributed by atoms with Crippen LogP contribution < -0.4 is 39.0 Å². The number of carbonyl (C=O) groups excluding carboxylic acids is 5. The van der Waals surface area contributed by atoms with E-state index in [2.05, 4.69) is 21.1 Å². The van der Waals surface area contributed by atoms with Crippen LogP contribution in [0.4, 0.5) is 0 Å².